The minimum Gasteiger partial charge on any atom is -0.444 e. The first-order valence-corrected chi connectivity index (χ1v) is 10.7. The predicted octanol–water partition coefficient (Wildman–Crippen LogP) is 1.79. The summed E-state index contributed by atoms with van der Waals surface area (Å²) in [5.41, 5.74) is 3.11. The number of cyclic esters (lactones) is 1. The van der Waals surface area contributed by atoms with Gasteiger partial charge in [-0.05, 0) is 31.5 Å². The van der Waals surface area contributed by atoms with Gasteiger partial charge in [-0.3, -0.25) is 4.90 Å². The van der Waals surface area contributed by atoms with E-state index in [9.17, 15) is 9.59 Å². The molecule has 10 heteroatoms. The molecule has 0 radical (unpaired) electrons. The molecule has 162 valence electrons. The molecule has 4 rings (SSSR count). The average Bonchev–Trinajstić information content (AvgIpc) is 2.80. The lowest BCUT2D eigenvalue weighted by atomic mass is 9.93. The van der Waals surface area contributed by atoms with E-state index in [2.05, 4.69) is 56.2 Å². The Kier molecular flexibility index (Phi) is 6.36. The summed E-state index contributed by atoms with van der Waals surface area (Å²) in [6, 6.07) is 8.48. The smallest absolute Gasteiger partial charge is 0.415 e. The van der Waals surface area contributed by atoms with E-state index in [-0.39, 0.29) is 18.7 Å². The molecule has 31 heavy (non-hydrogen) atoms. The fourth-order valence-electron chi connectivity index (χ4n) is 3.93. The van der Waals surface area contributed by atoms with Gasteiger partial charge in [-0.2, -0.15) is 4.98 Å². The number of fused-ring (bicyclic) bond motifs is 1. The highest BCUT2D eigenvalue weighted by molar-refractivity contribution is 6.64. The Morgan fingerprint density at radius 3 is 2.65 bits per heavy atom. The van der Waals surface area contributed by atoms with E-state index in [1.807, 2.05) is 6.92 Å². The van der Waals surface area contributed by atoms with Crippen molar-refractivity contribution in [2.24, 2.45) is 0 Å². The molecule has 0 saturated carbocycles. The molecule has 2 aliphatic heterocycles. The number of amides is 1. The van der Waals surface area contributed by atoms with Crippen molar-refractivity contribution in [1.29, 1.82) is 0 Å². The molecule has 0 aliphatic carbocycles. The van der Waals surface area contributed by atoms with Crippen molar-refractivity contribution < 1.29 is 14.3 Å². The van der Waals surface area contributed by atoms with E-state index in [1.54, 1.807) is 6.20 Å². The van der Waals surface area contributed by atoms with Crippen LogP contribution >= 0.6 is 0 Å². The molecule has 0 unspecified atom stereocenters. The third-order valence-corrected chi connectivity index (χ3v) is 5.79. The second-order valence-corrected chi connectivity index (χ2v) is 7.75. The van der Waals surface area contributed by atoms with Crippen molar-refractivity contribution in [2.45, 2.75) is 26.5 Å². The first-order chi connectivity index (χ1) is 15.1. The lowest BCUT2D eigenvalue weighted by molar-refractivity contribution is 0.141. The highest BCUT2D eigenvalue weighted by atomic mass is 16.6. The normalized spacial score (nSPS) is 17.5. The van der Waals surface area contributed by atoms with E-state index >= 15 is 0 Å². The van der Waals surface area contributed by atoms with Crippen LogP contribution < -0.4 is 15.1 Å². The number of anilines is 3. The first kappa shape index (κ1) is 21.1. The lowest BCUT2D eigenvalue weighted by Crippen LogP contribution is -2.48. The highest BCUT2D eigenvalue weighted by Crippen LogP contribution is 2.27. The molecule has 9 nitrogen and oxygen atoms in total. The van der Waals surface area contributed by atoms with Gasteiger partial charge in [-0.1, -0.05) is 12.1 Å². The van der Waals surface area contributed by atoms with Crippen LogP contribution in [-0.2, 0) is 16.1 Å². The molecule has 0 spiro atoms. The summed E-state index contributed by atoms with van der Waals surface area (Å²) < 4.78 is 5.14. The Labute approximate surface area is 182 Å². The molecule has 1 aromatic carbocycles. The summed E-state index contributed by atoms with van der Waals surface area (Å²) in [4.78, 5) is 37.6. The van der Waals surface area contributed by atoms with Crippen LogP contribution in [0.25, 0.3) is 0 Å². The summed E-state index contributed by atoms with van der Waals surface area (Å²) in [5.74, 6) is 1.09. The van der Waals surface area contributed by atoms with Crippen molar-refractivity contribution in [3.8, 4) is 0 Å². The molecular formula is C21H27BN6O3. The summed E-state index contributed by atoms with van der Waals surface area (Å²) in [6.07, 6.45) is 2.30. The maximum absolute atomic E-state index is 12.0. The van der Waals surface area contributed by atoms with E-state index in [4.69, 9.17) is 4.74 Å². The number of hydrogen-bond acceptors (Lipinski definition) is 8. The number of hydrogen-bond donors (Lipinski definition) is 1. The predicted molar refractivity (Wildman–Crippen MR) is 121 cm³/mol. The van der Waals surface area contributed by atoms with Crippen molar-refractivity contribution in [3.63, 3.8) is 0 Å². The Morgan fingerprint density at radius 1 is 1.23 bits per heavy atom. The third-order valence-electron chi connectivity index (χ3n) is 5.79. The molecule has 3 heterocycles. The number of carbonyl (C=O) groups is 2. The number of nitrogens with zero attached hydrogens (tertiary/aromatic N) is 5. The standard InChI is InChI=1S/C21H27BN6O3/c1-3-28-19-17(13-31-21(28)30)12-23-20(25-19)24-15(2)16-4-6-18(7-5-16)26-8-10-27(11-9-26)22-14-29/h4-7,12,14-15,22H,3,8-11,13H2,1-2H3,(H,23,24,25)/t15-/m0/s1. The highest BCUT2D eigenvalue weighted by Gasteiger charge is 2.27. The Morgan fingerprint density at radius 2 is 1.97 bits per heavy atom. The maximum Gasteiger partial charge on any atom is 0.415 e. The fraction of sp³-hybridized carbons (Fsp3) is 0.429. The molecule has 1 saturated heterocycles. The molecule has 1 N–H and O–H groups in total. The zero-order valence-corrected chi connectivity index (χ0v) is 18.0. The van der Waals surface area contributed by atoms with E-state index in [1.165, 1.54) is 10.6 Å². The fourth-order valence-corrected chi connectivity index (χ4v) is 3.93. The van der Waals surface area contributed by atoms with Crippen molar-refractivity contribution in [1.82, 2.24) is 14.8 Å². The minimum absolute atomic E-state index is 0.00200. The number of piperazine rings is 1. The topological polar surface area (TPSA) is 90.9 Å². The van der Waals surface area contributed by atoms with Crippen LogP contribution in [0.1, 0.15) is 31.0 Å². The molecule has 0 bridgehead atoms. The molecule has 2 aromatic rings. The van der Waals surface area contributed by atoms with Crippen molar-refractivity contribution >= 4 is 37.1 Å². The Bertz CT molecular complexity index is 933. The van der Waals surface area contributed by atoms with Gasteiger partial charge in [0.25, 0.3) is 7.41 Å². The van der Waals surface area contributed by atoms with Gasteiger partial charge in [-0.25, -0.2) is 9.78 Å². The number of rotatable bonds is 7. The van der Waals surface area contributed by atoms with Gasteiger partial charge in [0.2, 0.25) is 5.95 Å². The van der Waals surface area contributed by atoms with E-state index < -0.39 is 0 Å². The SMILES string of the molecule is CCN1C(=O)OCc2cnc(N[C@@H](C)c3ccc(N4CCN(BC=O)CC4)cc3)nc21. The summed E-state index contributed by atoms with van der Waals surface area (Å²) in [5, 5.41) is 3.33. The third kappa shape index (κ3) is 4.63. The monoisotopic (exact) mass is 422 g/mol. The molecule has 1 fully saturated rings. The summed E-state index contributed by atoms with van der Waals surface area (Å²) in [7, 11) is 0.512. The molecule has 2 aliphatic rings. The maximum atomic E-state index is 12.0. The Hall–Kier alpha value is -3.14. The number of nitrogens with one attached hydrogen (secondary N) is 1. The second kappa shape index (κ2) is 9.34. The van der Waals surface area contributed by atoms with Gasteiger partial charge in [0.15, 0.2) is 0 Å². The van der Waals surface area contributed by atoms with E-state index in [0.717, 1.165) is 43.5 Å². The molecule has 1 amide bonds. The van der Waals surface area contributed by atoms with Crippen LogP contribution in [0.3, 0.4) is 0 Å². The van der Waals surface area contributed by atoms with E-state index in [0.29, 0.717) is 25.7 Å². The largest absolute Gasteiger partial charge is 0.444 e. The average molecular weight is 422 g/mol. The molecule has 1 aromatic heterocycles. The first-order valence-electron chi connectivity index (χ1n) is 10.7. The van der Waals surface area contributed by atoms with Crippen LogP contribution in [0.2, 0.25) is 0 Å². The van der Waals surface area contributed by atoms with Gasteiger partial charge >= 0.3 is 6.09 Å². The Balaban J connectivity index is 1.40. The van der Waals surface area contributed by atoms with Crippen molar-refractivity contribution in [3.05, 3.63) is 41.6 Å². The zero-order chi connectivity index (χ0) is 21.8. The quantitative estimate of drug-likeness (QED) is 0.534. The van der Waals surface area contributed by atoms with Gasteiger partial charge in [0.1, 0.15) is 12.4 Å². The van der Waals surface area contributed by atoms with Gasteiger partial charge in [0, 0.05) is 44.6 Å². The van der Waals surface area contributed by atoms with Gasteiger partial charge in [0.05, 0.1) is 17.8 Å². The molecule has 1 atom stereocenters. The summed E-state index contributed by atoms with van der Waals surface area (Å²) >= 11 is 0. The number of ether oxygens (including phenoxy) is 1. The van der Waals surface area contributed by atoms with Crippen LogP contribution in [-0.4, -0.2) is 67.2 Å². The minimum atomic E-state index is -0.379. The number of benzene rings is 1. The summed E-state index contributed by atoms with van der Waals surface area (Å²) in [6.45, 7) is 8.27. The lowest BCUT2D eigenvalue weighted by Gasteiger charge is -2.35. The van der Waals surface area contributed by atoms with Crippen LogP contribution in [0.4, 0.5) is 22.2 Å². The van der Waals surface area contributed by atoms with Gasteiger partial charge < -0.3 is 24.6 Å². The zero-order valence-electron chi connectivity index (χ0n) is 18.0. The number of carbonyl (C=O) groups excluding carboxylic acids is 2. The van der Waals surface area contributed by atoms with Crippen LogP contribution in [0.15, 0.2) is 30.5 Å². The number of aromatic nitrogens is 2. The molecular weight excluding hydrogens is 395 g/mol. The van der Waals surface area contributed by atoms with Crippen molar-refractivity contribution in [2.75, 3.05) is 47.8 Å². The van der Waals surface area contributed by atoms with Crippen LogP contribution in [0, 0.1) is 0 Å². The van der Waals surface area contributed by atoms with Gasteiger partial charge in [-0.15, -0.1) is 0 Å². The second-order valence-electron chi connectivity index (χ2n) is 7.75. The van der Waals surface area contributed by atoms with Crippen LogP contribution in [0.5, 0.6) is 0 Å².